The number of rotatable bonds is 6. The van der Waals surface area contributed by atoms with E-state index in [9.17, 15) is 8.42 Å². The lowest BCUT2D eigenvalue weighted by Crippen LogP contribution is -2.25. The van der Waals surface area contributed by atoms with E-state index in [-0.39, 0.29) is 10.8 Å². The molecule has 0 saturated heterocycles. The molecule has 0 spiro atoms. The van der Waals surface area contributed by atoms with E-state index < -0.39 is 10.0 Å². The SMILES string of the molecule is Cc1ccc(S(=O)(=O)NOCC2C/C2=C/c2ccc(Br)cc2)cc1. The molecule has 1 atom stereocenters. The van der Waals surface area contributed by atoms with Crippen molar-refractivity contribution in [1.29, 1.82) is 0 Å². The van der Waals surface area contributed by atoms with E-state index in [1.165, 1.54) is 5.57 Å². The minimum atomic E-state index is -3.62. The van der Waals surface area contributed by atoms with Crippen molar-refractivity contribution in [2.24, 2.45) is 5.92 Å². The molecule has 2 aromatic carbocycles. The van der Waals surface area contributed by atoms with Crippen molar-refractivity contribution in [3.8, 4) is 0 Å². The Morgan fingerprint density at radius 3 is 2.50 bits per heavy atom. The summed E-state index contributed by atoms with van der Waals surface area (Å²) in [5, 5.41) is 0. The first kappa shape index (κ1) is 17.4. The van der Waals surface area contributed by atoms with Crippen molar-refractivity contribution in [2.45, 2.75) is 18.2 Å². The predicted molar refractivity (Wildman–Crippen MR) is 97.7 cm³/mol. The molecule has 2 aromatic rings. The van der Waals surface area contributed by atoms with Gasteiger partial charge in [0, 0.05) is 10.4 Å². The van der Waals surface area contributed by atoms with Crippen molar-refractivity contribution in [1.82, 2.24) is 4.89 Å². The Bertz CT molecular complexity index is 843. The number of benzene rings is 2. The number of aryl methyl sites for hydroxylation is 1. The predicted octanol–water partition coefficient (Wildman–Crippen LogP) is 4.07. The molecule has 1 aliphatic rings. The summed E-state index contributed by atoms with van der Waals surface area (Å²) in [4.78, 5) is 7.61. The average Bonchev–Trinajstić information content (AvgIpc) is 3.28. The smallest absolute Gasteiger partial charge is 0.262 e. The van der Waals surface area contributed by atoms with Crippen LogP contribution >= 0.6 is 15.9 Å². The summed E-state index contributed by atoms with van der Waals surface area (Å²) in [6.07, 6.45) is 3.05. The summed E-state index contributed by atoms with van der Waals surface area (Å²) in [5.74, 6) is 0.273. The number of sulfonamides is 1. The molecule has 3 rings (SSSR count). The van der Waals surface area contributed by atoms with Gasteiger partial charge in [-0.25, -0.2) is 8.42 Å². The highest BCUT2D eigenvalue weighted by atomic mass is 79.9. The quantitative estimate of drug-likeness (QED) is 0.734. The number of halogens is 1. The molecule has 0 bridgehead atoms. The van der Waals surface area contributed by atoms with Gasteiger partial charge in [-0.3, -0.25) is 4.84 Å². The highest BCUT2D eigenvalue weighted by Gasteiger charge is 2.30. The molecule has 1 aliphatic carbocycles. The van der Waals surface area contributed by atoms with Crippen LogP contribution in [0.5, 0.6) is 0 Å². The minimum absolute atomic E-state index is 0.203. The summed E-state index contributed by atoms with van der Waals surface area (Å²) in [5.41, 5.74) is 3.42. The van der Waals surface area contributed by atoms with E-state index in [2.05, 4.69) is 26.9 Å². The van der Waals surface area contributed by atoms with E-state index in [0.717, 1.165) is 22.0 Å². The molecule has 0 heterocycles. The van der Waals surface area contributed by atoms with E-state index in [0.29, 0.717) is 6.61 Å². The summed E-state index contributed by atoms with van der Waals surface area (Å²) in [6, 6.07) is 14.7. The van der Waals surface area contributed by atoms with E-state index in [1.54, 1.807) is 24.3 Å². The Labute approximate surface area is 150 Å². The molecule has 126 valence electrons. The van der Waals surface area contributed by atoms with Gasteiger partial charge in [0.2, 0.25) is 0 Å². The molecule has 1 N–H and O–H groups in total. The zero-order valence-corrected chi connectivity index (χ0v) is 15.6. The van der Waals surface area contributed by atoms with Crippen LogP contribution < -0.4 is 4.89 Å². The van der Waals surface area contributed by atoms with Gasteiger partial charge in [-0.05, 0) is 43.2 Å². The zero-order chi connectivity index (χ0) is 17.2. The molecule has 6 heteroatoms. The fraction of sp³-hybridized carbons (Fsp3) is 0.222. The van der Waals surface area contributed by atoms with Gasteiger partial charge in [0.25, 0.3) is 10.0 Å². The summed E-state index contributed by atoms with van der Waals surface area (Å²) in [6.45, 7) is 2.25. The number of nitrogens with one attached hydrogen (secondary N) is 1. The average molecular weight is 408 g/mol. The molecule has 0 aliphatic heterocycles. The molecule has 0 radical (unpaired) electrons. The first-order valence-electron chi connectivity index (χ1n) is 7.60. The number of hydrogen-bond acceptors (Lipinski definition) is 3. The van der Waals surface area contributed by atoms with Gasteiger partial charge in [-0.1, -0.05) is 62.3 Å². The lowest BCUT2D eigenvalue weighted by molar-refractivity contribution is 0.0867. The Hall–Kier alpha value is -1.47. The van der Waals surface area contributed by atoms with E-state index >= 15 is 0 Å². The molecule has 24 heavy (non-hydrogen) atoms. The Balaban J connectivity index is 1.51. The largest absolute Gasteiger partial charge is 0.286 e. The molecular weight excluding hydrogens is 390 g/mol. The van der Waals surface area contributed by atoms with E-state index in [4.69, 9.17) is 4.84 Å². The molecule has 4 nitrogen and oxygen atoms in total. The second-order valence-corrected chi connectivity index (χ2v) is 8.44. The highest BCUT2D eigenvalue weighted by Crippen LogP contribution is 2.39. The van der Waals surface area contributed by atoms with Crippen LogP contribution in [0.25, 0.3) is 6.08 Å². The Kier molecular flexibility index (Phi) is 5.20. The fourth-order valence-corrected chi connectivity index (χ4v) is 3.40. The van der Waals surface area contributed by atoms with Crippen molar-refractivity contribution >= 4 is 32.0 Å². The van der Waals surface area contributed by atoms with Crippen LogP contribution in [0.1, 0.15) is 17.5 Å². The van der Waals surface area contributed by atoms with Crippen molar-refractivity contribution in [2.75, 3.05) is 6.61 Å². The third-order valence-electron chi connectivity index (χ3n) is 3.85. The van der Waals surface area contributed by atoms with Gasteiger partial charge >= 0.3 is 0 Å². The van der Waals surface area contributed by atoms with Crippen molar-refractivity contribution in [3.05, 3.63) is 69.7 Å². The summed E-state index contributed by atoms with van der Waals surface area (Å²) < 4.78 is 25.2. The molecule has 1 fully saturated rings. The molecule has 0 aromatic heterocycles. The highest BCUT2D eigenvalue weighted by molar-refractivity contribution is 9.10. The normalized spacial score (nSPS) is 18.8. The van der Waals surface area contributed by atoms with Crippen molar-refractivity contribution < 1.29 is 13.3 Å². The fourth-order valence-electron chi connectivity index (χ4n) is 2.32. The molecular formula is C18H18BrNO3S. The van der Waals surface area contributed by atoms with Gasteiger partial charge in [-0.2, -0.15) is 0 Å². The van der Waals surface area contributed by atoms with Gasteiger partial charge in [-0.15, -0.1) is 0 Å². The lowest BCUT2D eigenvalue weighted by atomic mass is 10.2. The Morgan fingerprint density at radius 2 is 1.83 bits per heavy atom. The monoisotopic (exact) mass is 407 g/mol. The number of hydrogen-bond donors (Lipinski definition) is 1. The van der Waals surface area contributed by atoms with Crippen molar-refractivity contribution in [3.63, 3.8) is 0 Å². The topological polar surface area (TPSA) is 55.4 Å². The first-order chi connectivity index (χ1) is 11.4. The molecule has 1 saturated carbocycles. The van der Waals surface area contributed by atoms with Gasteiger partial charge in [0.1, 0.15) is 0 Å². The molecule has 0 amide bonds. The zero-order valence-electron chi connectivity index (χ0n) is 13.2. The minimum Gasteiger partial charge on any atom is -0.286 e. The first-order valence-corrected chi connectivity index (χ1v) is 9.88. The second-order valence-electron chi connectivity index (χ2n) is 5.88. The standard InChI is InChI=1S/C18H18BrNO3S/c1-13-2-8-18(9-3-13)24(21,22)20-23-12-16-11-15(16)10-14-4-6-17(19)7-5-14/h2-10,16,20H,11-12H2,1H3/b15-10-. The van der Waals surface area contributed by atoms with E-state index in [1.807, 2.05) is 31.2 Å². The van der Waals surface area contributed by atoms with Gasteiger partial charge in [0.05, 0.1) is 11.5 Å². The summed E-state index contributed by atoms with van der Waals surface area (Å²) >= 11 is 3.41. The van der Waals surface area contributed by atoms with Crippen LogP contribution in [-0.4, -0.2) is 15.0 Å². The van der Waals surface area contributed by atoms with Crippen LogP contribution in [0.3, 0.4) is 0 Å². The third kappa shape index (κ3) is 4.54. The van der Waals surface area contributed by atoms with Gasteiger partial charge < -0.3 is 0 Å². The van der Waals surface area contributed by atoms with Crippen LogP contribution in [0, 0.1) is 12.8 Å². The van der Waals surface area contributed by atoms with Crippen LogP contribution in [0.4, 0.5) is 0 Å². The summed E-state index contributed by atoms with van der Waals surface area (Å²) in [7, 11) is -3.62. The van der Waals surface area contributed by atoms with Crippen LogP contribution in [0.2, 0.25) is 0 Å². The van der Waals surface area contributed by atoms with Gasteiger partial charge in [0.15, 0.2) is 0 Å². The molecule has 1 unspecified atom stereocenters. The van der Waals surface area contributed by atoms with Crippen LogP contribution in [0.15, 0.2) is 63.5 Å². The third-order valence-corrected chi connectivity index (χ3v) is 5.61. The Morgan fingerprint density at radius 1 is 1.17 bits per heavy atom. The second kappa shape index (κ2) is 7.19. The van der Waals surface area contributed by atoms with Crippen LogP contribution in [-0.2, 0) is 14.9 Å². The maximum atomic E-state index is 12.1. The maximum Gasteiger partial charge on any atom is 0.262 e. The maximum absolute atomic E-state index is 12.1. The lowest BCUT2D eigenvalue weighted by Gasteiger charge is -2.06.